The van der Waals surface area contributed by atoms with E-state index in [1.807, 2.05) is 18.4 Å². The fourth-order valence-corrected chi connectivity index (χ4v) is 2.62. The minimum atomic E-state index is -1.14. The average molecular weight is 304 g/mol. The molecule has 2 rings (SSSR count). The minimum absolute atomic E-state index is 0.00221. The van der Waals surface area contributed by atoms with Gasteiger partial charge in [0, 0.05) is 13.1 Å². The number of aromatic nitrogens is 1. The summed E-state index contributed by atoms with van der Waals surface area (Å²) < 4.78 is 0. The lowest BCUT2D eigenvalue weighted by Crippen LogP contribution is -2.37. The van der Waals surface area contributed by atoms with Gasteiger partial charge in [0.05, 0.1) is 0 Å². The maximum Gasteiger partial charge on any atom is 0.354 e. The molecule has 0 aliphatic heterocycles. The molecule has 1 amide bonds. The van der Waals surface area contributed by atoms with Crippen LogP contribution in [0.5, 0.6) is 0 Å². The Morgan fingerprint density at radius 3 is 2.67 bits per heavy atom. The third-order valence-electron chi connectivity index (χ3n) is 3.28. The second-order valence-corrected chi connectivity index (χ2v) is 5.59. The number of carboxylic acids is 1. The van der Waals surface area contributed by atoms with Crippen molar-refractivity contribution in [2.24, 2.45) is 0 Å². The number of thiophene rings is 1. The van der Waals surface area contributed by atoms with E-state index in [9.17, 15) is 9.59 Å². The van der Waals surface area contributed by atoms with Gasteiger partial charge in [0.1, 0.15) is 11.4 Å². The van der Waals surface area contributed by atoms with Gasteiger partial charge in [0.2, 0.25) is 0 Å². The topological polar surface area (TPSA) is 70.5 Å². The van der Waals surface area contributed by atoms with Gasteiger partial charge in [-0.3, -0.25) is 4.79 Å². The van der Waals surface area contributed by atoms with Gasteiger partial charge in [-0.15, -0.1) is 0 Å². The van der Waals surface area contributed by atoms with Gasteiger partial charge in [-0.1, -0.05) is 6.07 Å². The lowest BCUT2D eigenvalue weighted by molar-refractivity contribution is 0.0689. The summed E-state index contributed by atoms with van der Waals surface area (Å²) >= 11 is 1.62. The highest BCUT2D eigenvalue weighted by molar-refractivity contribution is 7.07. The summed E-state index contributed by atoms with van der Waals surface area (Å²) in [7, 11) is 1.70. The maximum atomic E-state index is 12.4. The van der Waals surface area contributed by atoms with Crippen LogP contribution in [0, 0.1) is 0 Å². The van der Waals surface area contributed by atoms with E-state index in [2.05, 4.69) is 10.4 Å². The first-order chi connectivity index (χ1) is 9.99. The predicted octanol–water partition coefficient (Wildman–Crippen LogP) is 2.54. The quantitative estimate of drug-likeness (QED) is 0.921. The highest BCUT2D eigenvalue weighted by atomic mass is 32.1. The standard InChI is InChI=1S/C15H16N2O3S/c1-10(8-11-6-7-21-9-11)17(2)14(18)12-4-3-5-13(16-12)15(19)20/h3-7,9-10H,8H2,1-2H3,(H,19,20)/t10-/m0/s1. The molecule has 0 fully saturated rings. The first-order valence-electron chi connectivity index (χ1n) is 6.47. The molecule has 2 heterocycles. The van der Waals surface area contributed by atoms with E-state index in [4.69, 9.17) is 5.11 Å². The lowest BCUT2D eigenvalue weighted by atomic mass is 10.1. The van der Waals surface area contributed by atoms with E-state index >= 15 is 0 Å². The van der Waals surface area contributed by atoms with Crippen molar-refractivity contribution in [2.75, 3.05) is 7.05 Å². The summed E-state index contributed by atoms with van der Waals surface area (Å²) in [6.07, 6.45) is 0.754. The molecule has 0 spiro atoms. The summed E-state index contributed by atoms with van der Waals surface area (Å²) in [4.78, 5) is 28.7. The second-order valence-electron chi connectivity index (χ2n) is 4.81. The van der Waals surface area contributed by atoms with Gasteiger partial charge in [0.25, 0.3) is 5.91 Å². The zero-order valence-corrected chi connectivity index (χ0v) is 12.6. The largest absolute Gasteiger partial charge is 0.477 e. The van der Waals surface area contributed by atoms with Crippen LogP contribution in [0.1, 0.15) is 33.5 Å². The summed E-state index contributed by atoms with van der Waals surface area (Å²) in [6, 6.07) is 6.46. The van der Waals surface area contributed by atoms with Gasteiger partial charge in [-0.05, 0) is 47.9 Å². The first kappa shape index (κ1) is 15.2. The Hall–Kier alpha value is -2.21. The normalized spacial score (nSPS) is 11.9. The van der Waals surface area contributed by atoms with Crippen LogP contribution >= 0.6 is 11.3 Å². The summed E-state index contributed by atoms with van der Waals surface area (Å²) in [5, 5.41) is 13.0. The van der Waals surface area contributed by atoms with Crippen molar-refractivity contribution < 1.29 is 14.7 Å². The Labute approximate surface area is 126 Å². The molecule has 0 radical (unpaired) electrons. The number of amides is 1. The molecule has 1 atom stereocenters. The second kappa shape index (κ2) is 6.49. The number of carboxylic acid groups (broad SMARTS) is 1. The zero-order valence-electron chi connectivity index (χ0n) is 11.8. The zero-order chi connectivity index (χ0) is 15.4. The molecule has 21 heavy (non-hydrogen) atoms. The summed E-state index contributed by atoms with van der Waals surface area (Å²) in [5.41, 5.74) is 1.20. The highest BCUT2D eigenvalue weighted by Crippen LogP contribution is 2.13. The van der Waals surface area contributed by atoms with Crippen molar-refractivity contribution in [2.45, 2.75) is 19.4 Å². The van der Waals surface area contributed by atoms with E-state index in [0.717, 1.165) is 6.42 Å². The molecule has 2 aromatic heterocycles. The molecule has 5 nitrogen and oxygen atoms in total. The summed E-state index contributed by atoms with van der Waals surface area (Å²) in [5.74, 6) is -1.42. The van der Waals surface area contributed by atoms with Crippen LogP contribution in [-0.4, -0.2) is 40.0 Å². The Morgan fingerprint density at radius 1 is 1.33 bits per heavy atom. The van der Waals surface area contributed by atoms with E-state index in [0.29, 0.717) is 0 Å². The SMILES string of the molecule is C[C@@H](Cc1ccsc1)N(C)C(=O)c1cccc(C(=O)O)n1. The third kappa shape index (κ3) is 3.66. The number of hydrogen-bond donors (Lipinski definition) is 1. The molecule has 6 heteroatoms. The van der Waals surface area contributed by atoms with Gasteiger partial charge in [-0.25, -0.2) is 9.78 Å². The molecule has 0 bridgehead atoms. The fraction of sp³-hybridized carbons (Fsp3) is 0.267. The fourth-order valence-electron chi connectivity index (χ4n) is 1.94. The molecular weight excluding hydrogens is 288 g/mol. The van der Waals surface area contributed by atoms with Gasteiger partial charge < -0.3 is 10.0 Å². The van der Waals surface area contributed by atoms with Crippen molar-refractivity contribution in [3.63, 3.8) is 0 Å². The van der Waals surface area contributed by atoms with Crippen molar-refractivity contribution in [3.8, 4) is 0 Å². The van der Waals surface area contributed by atoms with Crippen molar-refractivity contribution in [1.82, 2.24) is 9.88 Å². The Bertz CT molecular complexity index is 640. The molecule has 0 saturated heterocycles. The molecule has 0 unspecified atom stereocenters. The lowest BCUT2D eigenvalue weighted by Gasteiger charge is -2.24. The van der Waals surface area contributed by atoms with E-state index < -0.39 is 5.97 Å². The maximum absolute atomic E-state index is 12.4. The minimum Gasteiger partial charge on any atom is -0.477 e. The van der Waals surface area contributed by atoms with Crippen molar-refractivity contribution in [3.05, 3.63) is 52.0 Å². The third-order valence-corrected chi connectivity index (χ3v) is 4.01. The molecule has 0 aromatic carbocycles. The van der Waals surface area contributed by atoms with Crippen LogP contribution in [0.25, 0.3) is 0 Å². The van der Waals surface area contributed by atoms with Crippen LogP contribution in [0.3, 0.4) is 0 Å². The number of hydrogen-bond acceptors (Lipinski definition) is 4. The molecule has 1 N–H and O–H groups in total. The molecule has 0 saturated carbocycles. The van der Waals surface area contributed by atoms with E-state index in [1.165, 1.54) is 23.8 Å². The smallest absolute Gasteiger partial charge is 0.354 e. The van der Waals surface area contributed by atoms with E-state index in [1.54, 1.807) is 23.3 Å². The molecule has 0 aliphatic carbocycles. The number of rotatable bonds is 5. The van der Waals surface area contributed by atoms with Crippen LogP contribution in [0.15, 0.2) is 35.0 Å². The Balaban J connectivity index is 2.11. The van der Waals surface area contributed by atoms with Crippen LogP contribution in [0.4, 0.5) is 0 Å². The van der Waals surface area contributed by atoms with Crippen molar-refractivity contribution in [1.29, 1.82) is 0 Å². The monoisotopic (exact) mass is 304 g/mol. The first-order valence-corrected chi connectivity index (χ1v) is 7.42. The van der Waals surface area contributed by atoms with Gasteiger partial charge in [-0.2, -0.15) is 11.3 Å². The predicted molar refractivity (Wildman–Crippen MR) is 80.8 cm³/mol. The molecule has 2 aromatic rings. The Kier molecular flexibility index (Phi) is 4.70. The molecule has 0 aliphatic rings. The number of nitrogens with zero attached hydrogens (tertiary/aromatic N) is 2. The highest BCUT2D eigenvalue weighted by Gasteiger charge is 2.20. The number of likely N-dealkylation sites (N-methyl/N-ethyl adjacent to an activating group) is 1. The van der Waals surface area contributed by atoms with Crippen LogP contribution < -0.4 is 0 Å². The van der Waals surface area contributed by atoms with Gasteiger partial charge >= 0.3 is 5.97 Å². The number of aromatic carboxylic acids is 1. The van der Waals surface area contributed by atoms with Crippen LogP contribution in [0.2, 0.25) is 0 Å². The Morgan fingerprint density at radius 2 is 2.05 bits per heavy atom. The van der Waals surface area contributed by atoms with Crippen molar-refractivity contribution >= 4 is 23.2 Å². The van der Waals surface area contributed by atoms with E-state index in [-0.39, 0.29) is 23.3 Å². The summed E-state index contributed by atoms with van der Waals surface area (Å²) in [6.45, 7) is 1.95. The molecular formula is C15H16N2O3S. The number of carbonyl (C=O) groups excluding carboxylic acids is 1. The number of carbonyl (C=O) groups is 2. The van der Waals surface area contributed by atoms with Crippen LogP contribution in [-0.2, 0) is 6.42 Å². The van der Waals surface area contributed by atoms with Gasteiger partial charge in [0.15, 0.2) is 0 Å². The molecule has 110 valence electrons. The average Bonchev–Trinajstić information content (AvgIpc) is 2.98. The number of pyridine rings is 1.